The van der Waals surface area contributed by atoms with Crippen LogP contribution in [-0.4, -0.2) is 71.7 Å². The number of fused-ring (bicyclic) bond motifs is 1. The number of anilines is 2. The van der Waals surface area contributed by atoms with Crippen LogP contribution >= 0.6 is 0 Å². The van der Waals surface area contributed by atoms with Crippen LogP contribution in [0.1, 0.15) is 37.3 Å². The Morgan fingerprint density at radius 1 is 1.15 bits per heavy atom. The molecule has 9 heteroatoms. The fraction of sp³-hybridized carbons (Fsp3) is 0.433. The minimum Gasteiger partial charge on any atom is -0.394 e. The summed E-state index contributed by atoms with van der Waals surface area (Å²) in [6.45, 7) is 4.34. The third-order valence-electron chi connectivity index (χ3n) is 8.14. The van der Waals surface area contributed by atoms with E-state index in [1.807, 2.05) is 42.5 Å². The van der Waals surface area contributed by atoms with Gasteiger partial charge in [-0.25, -0.2) is 0 Å². The number of para-hydroxylation sites is 1. The van der Waals surface area contributed by atoms with Gasteiger partial charge < -0.3 is 30.2 Å². The lowest BCUT2D eigenvalue weighted by molar-refractivity contribution is -0.139. The number of aliphatic hydroxyl groups is 2. The molecule has 0 bridgehead atoms. The standard InChI is InChI=1S/C30H36N4O5/c1-21(6-4-10-27(36)32-16-5-7-24(32)20-35)30(39)25-8-2-3-9-26(25)34(29(30)38)19-22-11-13-23(14-12-22)33-17-15-31-18-28(33)37/h2-4,6,8-9,11-14,21,24,31,35,39H,5,7,10,15-20H2,1H3/b6-4+/t21-,24+,30+/m1/s1. The molecule has 206 valence electrons. The van der Waals surface area contributed by atoms with E-state index >= 15 is 0 Å². The fourth-order valence-corrected chi connectivity index (χ4v) is 5.89. The molecule has 2 aromatic rings. The lowest BCUT2D eigenvalue weighted by atomic mass is 9.83. The summed E-state index contributed by atoms with van der Waals surface area (Å²) in [5, 5.41) is 24.4. The topological polar surface area (TPSA) is 113 Å². The van der Waals surface area contributed by atoms with E-state index in [0.717, 1.165) is 30.6 Å². The van der Waals surface area contributed by atoms with Crippen LogP contribution in [0.5, 0.6) is 0 Å². The van der Waals surface area contributed by atoms with Crippen molar-refractivity contribution >= 4 is 29.1 Å². The lowest BCUT2D eigenvalue weighted by Gasteiger charge is -2.28. The second-order valence-electron chi connectivity index (χ2n) is 10.6. The average Bonchev–Trinajstić information content (AvgIpc) is 3.52. The van der Waals surface area contributed by atoms with Gasteiger partial charge in [0, 0.05) is 43.2 Å². The van der Waals surface area contributed by atoms with Crippen molar-refractivity contribution < 1.29 is 24.6 Å². The van der Waals surface area contributed by atoms with Crippen LogP contribution in [0.3, 0.4) is 0 Å². The highest BCUT2D eigenvalue weighted by Crippen LogP contribution is 2.45. The first-order valence-corrected chi connectivity index (χ1v) is 13.7. The van der Waals surface area contributed by atoms with Crippen LogP contribution in [0.2, 0.25) is 0 Å². The normalized spacial score (nSPS) is 24.1. The Morgan fingerprint density at radius 2 is 1.92 bits per heavy atom. The van der Waals surface area contributed by atoms with Gasteiger partial charge in [-0.05, 0) is 36.6 Å². The van der Waals surface area contributed by atoms with Gasteiger partial charge in [0.25, 0.3) is 5.91 Å². The average molecular weight is 533 g/mol. The Kier molecular flexibility index (Phi) is 7.83. The van der Waals surface area contributed by atoms with E-state index in [2.05, 4.69) is 5.32 Å². The van der Waals surface area contributed by atoms with Gasteiger partial charge in [0.05, 0.1) is 31.4 Å². The molecular formula is C30H36N4O5. The smallest absolute Gasteiger partial charge is 0.264 e. The molecule has 2 fully saturated rings. The van der Waals surface area contributed by atoms with Crippen molar-refractivity contribution in [1.29, 1.82) is 0 Å². The number of rotatable bonds is 8. The van der Waals surface area contributed by atoms with Gasteiger partial charge in [-0.1, -0.05) is 49.4 Å². The third kappa shape index (κ3) is 5.09. The molecule has 0 aliphatic carbocycles. The van der Waals surface area contributed by atoms with E-state index in [-0.39, 0.29) is 37.4 Å². The molecule has 2 saturated heterocycles. The molecule has 3 amide bonds. The van der Waals surface area contributed by atoms with Gasteiger partial charge in [0.1, 0.15) is 0 Å². The molecule has 0 unspecified atom stereocenters. The first-order chi connectivity index (χ1) is 18.8. The van der Waals surface area contributed by atoms with Crippen molar-refractivity contribution in [2.24, 2.45) is 5.92 Å². The van der Waals surface area contributed by atoms with Crippen LogP contribution in [0.15, 0.2) is 60.7 Å². The molecule has 3 heterocycles. The maximum absolute atomic E-state index is 13.8. The number of benzene rings is 2. The van der Waals surface area contributed by atoms with Gasteiger partial charge in [0.15, 0.2) is 5.60 Å². The molecule has 9 nitrogen and oxygen atoms in total. The summed E-state index contributed by atoms with van der Waals surface area (Å²) < 4.78 is 0. The van der Waals surface area contributed by atoms with Gasteiger partial charge in [-0.3, -0.25) is 14.4 Å². The number of amides is 3. The number of piperazine rings is 1. The van der Waals surface area contributed by atoms with Gasteiger partial charge in [0.2, 0.25) is 11.8 Å². The Morgan fingerprint density at radius 3 is 2.67 bits per heavy atom. The number of carbonyl (C=O) groups is 3. The second-order valence-corrected chi connectivity index (χ2v) is 10.6. The predicted octanol–water partition coefficient (Wildman–Crippen LogP) is 1.92. The number of carbonyl (C=O) groups excluding carboxylic acids is 3. The minimum atomic E-state index is -1.76. The molecule has 3 atom stereocenters. The number of aliphatic hydroxyl groups excluding tert-OH is 1. The Labute approximate surface area is 228 Å². The molecule has 2 aromatic carbocycles. The van der Waals surface area contributed by atoms with Crippen molar-refractivity contribution in [2.75, 3.05) is 42.6 Å². The zero-order valence-corrected chi connectivity index (χ0v) is 22.3. The highest BCUT2D eigenvalue weighted by molar-refractivity contribution is 6.07. The Bertz CT molecular complexity index is 1260. The lowest BCUT2D eigenvalue weighted by Crippen LogP contribution is -2.48. The summed E-state index contributed by atoms with van der Waals surface area (Å²) in [5.41, 5.74) is 1.14. The molecule has 0 aromatic heterocycles. The fourth-order valence-electron chi connectivity index (χ4n) is 5.89. The monoisotopic (exact) mass is 532 g/mol. The van der Waals surface area contributed by atoms with Gasteiger partial charge in [-0.15, -0.1) is 0 Å². The predicted molar refractivity (Wildman–Crippen MR) is 148 cm³/mol. The van der Waals surface area contributed by atoms with Crippen LogP contribution in [0, 0.1) is 5.92 Å². The number of hydrogen-bond donors (Lipinski definition) is 3. The maximum Gasteiger partial charge on any atom is 0.264 e. The van der Waals surface area contributed by atoms with Gasteiger partial charge >= 0.3 is 0 Å². The highest BCUT2D eigenvalue weighted by atomic mass is 16.3. The van der Waals surface area contributed by atoms with Crippen LogP contribution < -0.4 is 15.1 Å². The zero-order valence-electron chi connectivity index (χ0n) is 22.3. The molecule has 3 aliphatic rings. The van der Waals surface area contributed by atoms with Crippen molar-refractivity contribution in [3.8, 4) is 0 Å². The van der Waals surface area contributed by atoms with Crippen molar-refractivity contribution in [3.05, 3.63) is 71.8 Å². The van der Waals surface area contributed by atoms with Crippen molar-refractivity contribution in [2.45, 2.75) is 44.4 Å². The zero-order chi connectivity index (χ0) is 27.6. The van der Waals surface area contributed by atoms with E-state index in [4.69, 9.17) is 0 Å². The first kappa shape index (κ1) is 27.1. The number of hydrogen-bond acceptors (Lipinski definition) is 6. The molecule has 39 heavy (non-hydrogen) atoms. The number of nitrogens with zero attached hydrogens (tertiary/aromatic N) is 3. The molecule has 5 rings (SSSR count). The largest absolute Gasteiger partial charge is 0.394 e. The van der Waals surface area contributed by atoms with E-state index in [9.17, 15) is 24.6 Å². The maximum atomic E-state index is 13.8. The number of nitrogens with one attached hydrogen (secondary N) is 1. The SMILES string of the molecule is C[C@H](/C=C/CC(=O)N1CCC[C@H]1CO)[C@@]1(O)C(=O)N(Cc2ccc(N3CCNCC3=O)cc2)c2ccccc21. The molecule has 3 N–H and O–H groups in total. The molecule has 0 radical (unpaired) electrons. The minimum absolute atomic E-state index is 0.0279. The van der Waals surface area contributed by atoms with Crippen molar-refractivity contribution in [1.82, 2.24) is 10.2 Å². The summed E-state index contributed by atoms with van der Waals surface area (Å²) in [6.07, 6.45) is 5.29. The second kappa shape index (κ2) is 11.3. The van der Waals surface area contributed by atoms with E-state index in [1.54, 1.807) is 39.8 Å². The molecule has 3 aliphatic heterocycles. The third-order valence-corrected chi connectivity index (χ3v) is 8.14. The Hall–Kier alpha value is -3.53. The van der Waals surface area contributed by atoms with Crippen LogP contribution in [0.25, 0.3) is 0 Å². The first-order valence-electron chi connectivity index (χ1n) is 13.7. The van der Waals surface area contributed by atoms with Gasteiger partial charge in [-0.2, -0.15) is 0 Å². The van der Waals surface area contributed by atoms with E-state index in [1.165, 1.54) is 0 Å². The van der Waals surface area contributed by atoms with E-state index in [0.29, 0.717) is 30.9 Å². The summed E-state index contributed by atoms with van der Waals surface area (Å²) in [4.78, 5) is 43.7. The highest BCUT2D eigenvalue weighted by Gasteiger charge is 2.52. The quantitative estimate of drug-likeness (QED) is 0.448. The summed E-state index contributed by atoms with van der Waals surface area (Å²) in [7, 11) is 0. The Balaban J connectivity index is 1.30. The summed E-state index contributed by atoms with van der Waals surface area (Å²) in [6, 6.07) is 14.7. The number of likely N-dealkylation sites (tertiary alicyclic amines) is 1. The van der Waals surface area contributed by atoms with Crippen molar-refractivity contribution in [3.63, 3.8) is 0 Å². The molecule has 0 saturated carbocycles. The van der Waals surface area contributed by atoms with E-state index < -0.39 is 17.4 Å². The summed E-state index contributed by atoms with van der Waals surface area (Å²) in [5.74, 6) is -1.02. The van der Waals surface area contributed by atoms with Crippen LogP contribution in [-0.2, 0) is 26.5 Å². The molecule has 0 spiro atoms. The molecular weight excluding hydrogens is 496 g/mol. The van der Waals surface area contributed by atoms with Crippen LogP contribution in [0.4, 0.5) is 11.4 Å². The summed E-state index contributed by atoms with van der Waals surface area (Å²) >= 11 is 0.